The van der Waals surface area contributed by atoms with Crippen molar-refractivity contribution in [2.24, 2.45) is 5.73 Å². The lowest BCUT2D eigenvalue weighted by Gasteiger charge is -2.13. The first-order valence-corrected chi connectivity index (χ1v) is 7.66. The van der Waals surface area contributed by atoms with E-state index in [0.717, 1.165) is 13.1 Å². The molecule has 0 saturated heterocycles. The molecule has 0 bridgehead atoms. The number of halogens is 2. The SMILES string of the molecule is Cc1ccc(C(N)c2cc(Br)c(Br)s2)c(C)c1. The normalized spacial score (nSPS) is 12.8. The molecule has 17 heavy (non-hydrogen) atoms. The second-order valence-electron chi connectivity index (χ2n) is 4.11. The van der Waals surface area contributed by atoms with Gasteiger partial charge >= 0.3 is 0 Å². The highest BCUT2D eigenvalue weighted by atomic mass is 79.9. The largest absolute Gasteiger partial charge is 0.320 e. The van der Waals surface area contributed by atoms with Crippen molar-refractivity contribution in [3.63, 3.8) is 0 Å². The summed E-state index contributed by atoms with van der Waals surface area (Å²) in [5.74, 6) is 0. The van der Waals surface area contributed by atoms with Crippen LogP contribution in [-0.4, -0.2) is 0 Å². The van der Waals surface area contributed by atoms with Gasteiger partial charge in [-0.15, -0.1) is 11.3 Å². The highest BCUT2D eigenvalue weighted by Crippen LogP contribution is 2.37. The van der Waals surface area contributed by atoms with Crippen molar-refractivity contribution in [1.29, 1.82) is 0 Å². The Hall–Kier alpha value is -0.160. The molecule has 0 saturated carbocycles. The minimum absolute atomic E-state index is 0.0526. The summed E-state index contributed by atoms with van der Waals surface area (Å²) < 4.78 is 2.16. The Balaban J connectivity index is 2.39. The molecule has 2 N–H and O–H groups in total. The van der Waals surface area contributed by atoms with Gasteiger partial charge in [0.05, 0.1) is 9.83 Å². The van der Waals surface area contributed by atoms with Gasteiger partial charge in [-0.05, 0) is 62.9 Å². The fourth-order valence-corrected chi connectivity index (χ4v) is 3.95. The predicted molar refractivity (Wildman–Crippen MR) is 81.7 cm³/mol. The van der Waals surface area contributed by atoms with Crippen molar-refractivity contribution in [3.05, 3.63) is 54.1 Å². The molecular weight excluding hydrogens is 362 g/mol. The Morgan fingerprint density at radius 1 is 1.18 bits per heavy atom. The molecule has 4 heteroatoms. The summed E-state index contributed by atoms with van der Waals surface area (Å²) >= 11 is 8.67. The minimum atomic E-state index is -0.0526. The van der Waals surface area contributed by atoms with Gasteiger partial charge in [-0.2, -0.15) is 0 Å². The molecule has 0 amide bonds. The third kappa shape index (κ3) is 2.81. The van der Waals surface area contributed by atoms with Crippen molar-refractivity contribution in [1.82, 2.24) is 0 Å². The van der Waals surface area contributed by atoms with Crippen LogP contribution in [0.2, 0.25) is 0 Å². The van der Waals surface area contributed by atoms with Crippen LogP contribution < -0.4 is 5.73 Å². The fraction of sp³-hybridized carbons (Fsp3) is 0.231. The number of hydrogen-bond acceptors (Lipinski definition) is 2. The van der Waals surface area contributed by atoms with E-state index in [1.807, 2.05) is 0 Å². The first-order valence-electron chi connectivity index (χ1n) is 5.26. The minimum Gasteiger partial charge on any atom is -0.320 e. The molecule has 0 fully saturated rings. The van der Waals surface area contributed by atoms with Crippen LogP contribution in [0.4, 0.5) is 0 Å². The zero-order valence-electron chi connectivity index (χ0n) is 9.63. The van der Waals surface area contributed by atoms with Gasteiger partial charge in [0.15, 0.2) is 0 Å². The van der Waals surface area contributed by atoms with E-state index in [2.05, 4.69) is 70.0 Å². The van der Waals surface area contributed by atoms with Crippen LogP contribution >= 0.6 is 43.2 Å². The molecule has 2 aromatic rings. The smallest absolute Gasteiger partial charge is 0.0843 e. The van der Waals surface area contributed by atoms with Crippen LogP contribution in [0, 0.1) is 13.8 Å². The topological polar surface area (TPSA) is 26.0 Å². The molecule has 1 aromatic heterocycles. The molecule has 1 unspecified atom stereocenters. The predicted octanol–water partition coefficient (Wildman–Crippen LogP) is 4.94. The van der Waals surface area contributed by atoms with E-state index in [-0.39, 0.29) is 6.04 Å². The number of benzene rings is 1. The number of rotatable bonds is 2. The van der Waals surface area contributed by atoms with Crippen LogP contribution in [0.3, 0.4) is 0 Å². The summed E-state index contributed by atoms with van der Waals surface area (Å²) in [6.07, 6.45) is 0. The summed E-state index contributed by atoms with van der Waals surface area (Å²) in [4.78, 5) is 1.16. The summed E-state index contributed by atoms with van der Waals surface area (Å²) in [7, 11) is 0. The number of aryl methyl sites for hydroxylation is 2. The van der Waals surface area contributed by atoms with Crippen molar-refractivity contribution in [2.75, 3.05) is 0 Å². The van der Waals surface area contributed by atoms with Gasteiger partial charge in [0.25, 0.3) is 0 Å². The lowest BCUT2D eigenvalue weighted by atomic mass is 9.99. The molecule has 0 radical (unpaired) electrons. The van der Waals surface area contributed by atoms with Gasteiger partial charge in [-0.1, -0.05) is 23.8 Å². The Kier molecular flexibility index (Phi) is 4.08. The van der Waals surface area contributed by atoms with Gasteiger partial charge in [0.1, 0.15) is 0 Å². The van der Waals surface area contributed by atoms with Crippen molar-refractivity contribution >= 4 is 43.2 Å². The number of nitrogens with two attached hydrogens (primary N) is 1. The summed E-state index contributed by atoms with van der Waals surface area (Å²) in [5.41, 5.74) is 10.0. The summed E-state index contributed by atoms with van der Waals surface area (Å²) in [6, 6.07) is 8.44. The molecule has 0 spiro atoms. The molecule has 0 aliphatic rings. The number of hydrogen-bond donors (Lipinski definition) is 1. The highest BCUT2D eigenvalue weighted by Gasteiger charge is 2.15. The molecule has 2 rings (SSSR count). The lowest BCUT2D eigenvalue weighted by molar-refractivity contribution is 0.881. The van der Waals surface area contributed by atoms with Gasteiger partial charge in [0, 0.05) is 9.35 Å². The van der Waals surface area contributed by atoms with E-state index in [0.29, 0.717) is 0 Å². The Morgan fingerprint density at radius 2 is 1.88 bits per heavy atom. The van der Waals surface area contributed by atoms with Crippen molar-refractivity contribution in [2.45, 2.75) is 19.9 Å². The Bertz CT molecular complexity index is 529. The van der Waals surface area contributed by atoms with Gasteiger partial charge in [-0.25, -0.2) is 0 Å². The van der Waals surface area contributed by atoms with E-state index in [1.54, 1.807) is 11.3 Å². The zero-order valence-corrected chi connectivity index (χ0v) is 13.6. The zero-order chi connectivity index (χ0) is 12.6. The lowest BCUT2D eigenvalue weighted by Crippen LogP contribution is -2.11. The third-order valence-electron chi connectivity index (χ3n) is 2.73. The average molecular weight is 375 g/mol. The first kappa shape index (κ1) is 13.3. The maximum atomic E-state index is 6.32. The number of thiophene rings is 1. The van der Waals surface area contributed by atoms with Crippen LogP contribution in [0.5, 0.6) is 0 Å². The van der Waals surface area contributed by atoms with E-state index in [1.165, 1.54) is 16.7 Å². The van der Waals surface area contributed by atoms with E-state index >= 15 is 0 Å². The van der Waals surface area contributed by atoms with Gasteiger partial charge in [-0.3, -0.25) is 0 Å². The van der Waals surface area contributed by atoms with E-state index in [4.69, 9.17) is 5.73 Å². The Labute approximate surface area is 122 Å². The van der Waals surface area contributed by atoms with Crippen LogP contribution in [0.15, 0.2) is 32.5 Å². The van der Waals surface area contributed by atoms with Crippen LogP contribution in [0.1, 0.15) is 27.6 Å². The van der Waals surface area contributed by atoms with E-state index < -0.39 is 0 Å². The summed E-state index contributed by atoms with van der Waals surface area (Å²) in [5, 5.41) is 0. The fourth-order valence-electron chi connectivity index (χ4n) is 1.84. The molecule has 1 nitrogen and oxygen atoms in total. The molecule has 90 valence electrons. The maximum absolute atomic E-state index is 6.32. The van der Waals surface area contributed by atoms with E-state index in [9.17, 15) is 0 Å². The maximum Gasteiger partial charge on any atom is 0.0843 e. The Morgan fingerprint density at radius 3 is 2.41 bits per heavy atom. The molecule has 0 aliphatic carbocycles. The second-order valence-corrected chi connectivity index (χ2v) is 7.36. The molecule has 1 atom stereocenters. The van der Waals surface area contributed by atoms with Crippen LogP contribution in [-0.2, 0) is 0 Å². The second kappa shape index (κ2) is 5.22. The average Bonchev–Trinajstić information content (AvgIpc) is 2.58. The van der Waals surface area contributed by atoms with Crippen LogP contribution in [0.25, 0.3) is 0 Å². The van der Waals surface area contributed by atoms with Gasteiger partial charge < -0.3 is 5.73 Å². The molecule has 0 aliphatic heterocycles. The highest BCUT2D eigenvalue weighted by molar-refractivity contribution is 9.13. The third-order valence-corrected chi connectivity index (χ3v) is 6.07. The van der Waals surface area contributed by atoms with Crippen molar-refractivity contribution < 1.29 is 0 Å². The van der Waals surface area contributed by atoms with Gasteiger partial charge in [0.2, 0.25) is 0 Å². The van der Waals surface area contributed by atoms with Crippen molar-refractivity contribution in [3.8, 4) is 0 Å². The quantitative estimate of drug-likeness (QED) is 0.791. The standard InChI is InChI=1S/C13H13Br2NS/c1-7-3-4-9(8(2)5-7)12(16)11-6-10(14)13(15)17-11/h3-6,12H,16H2,1-2H3. The molecular formula is C13H13Br2NS. The summed E-state index contributed by atoms with van der Waals surface area (Å²) in [6.45, 7) is 4.21. The monoisotopic (exact) mass is 373 g/mol. The first-order chi connectivity index (χ1) is 7.99. The molecule has 1 aromatic carbocycles. The molecule has 1 heterocycles.